The van der Waals surface area contributed by atoms with E-state index in [1.54, 1.807) is 24.8 Å². The van der Waals surface area contributed by atoms with E-state index in [4.69, 9.17) is 0 Å². The first-order valence-corrected chi connectivity index (χ1v) is 38.5. The first-order valence-electron chi connectivity index (χ1n) is 38.5. The molecule has 10 aromatic heterocycles. The van der Waals surface area contributed by atoms with Crippen LogP contribution in [-0.2, 0) is 108 Å². The summed E-state index contributed by atoms with van der Waals surface area (Å²) >= 11 is 0. The average molecular weight is 2530 g/mol. The van der Waals surface area contributed by atoms with E-state index in [1.165, 1.54) is 6.33 Å². The summed E-state index contributed by atoms with van der Waals surface area (Å²) in [6.45, 7) is 19.8. The van der Waals surface area contributed by atoms with Gasteiger partial charge in [0.2, 0.25) is 0 Å². The number of benzene rings is 9. The normalized spacial score (nSPS) is 10.4. The number of rotatable bonds is 14. The van der Waals surface area contributed by atoms with Crippen LogP contribution in [-0.4, -0.2) is 119 Å². The third-order valence-electron chi connectivity index (χ3n) is 19.4. The second-order valence-electron chi connectivity index (χ2n) is 27.7. The molecule has 29 heteroatoms. The molecule has 24 nitrogen and oxygen atoms in total. The van der Waals surface area contributed by atoms with Gasteiger partial charge in [-0.15, -0.1) is 204 Å². The van der Waals surface area contributed by atoms with Crippen molar-refractivity contribution in [2.75, 3.05) is 0 Å². The Hall–Kier alpha value is -12.6. The Kier molecular flexibility index (Phi) is 33.8. The van der Waals surface area contributed by atoms with Crippen LogP contribution < -0.4 is 0 Å². The quantitative estimate of drug-likeness (QED) is 0.0915. The van der Waals surface area contributed by atoms with Gasteiger partial charge in [-0.1, -0.05) is 116 Å². The summed E-state index contributed by atoms with van der Waals surface area (Å²) in [7, 11) is 1.94. The summed E-state index contributed by atoms with van der Waals surface area (Å²) in [4.78, 5) is 39.3. The fourth-order valence-corrected chi connectivity index (χ4v) is 13.7. The van der Waals surface area contributed by atoms with Gasteiger partial charge >= 0.3 is 0 Å². The molecule has 5 radical (unpaired) electrons. The van der Waals surface area contributed by atoms with Gasteiger partial charge in [0, 0.05) is 148 Å². The van der Waals surface area contributed by atoms with Gasteiger partial charge in [0.25, 0.3) is 0 Å². The molecule has 9 aromatic carbocycles. The third-order valence-corrected chi connectivity index (χ3v) is 19.4. The molecule has 0 spiro atoms. The Morgan fingerprint density at radius 1 is 0.264 bits per heavy atom. The topological polar surface area (TPSA) is 270 Å². The Balaban J connectivity index is 0.000000162. The van der Waals surface area contributed by atoms with E-state index < -0.39 is 0 Å². The van der Waals surface area contributed by atoms with Gasteiger partial charge < -0.3 is 22.8 Å². The maximum absolute atomic E-state index is 4.58. The molecule has 10 heterocycles. The molecule has 0 aliphatic carbocycles. The van der Waals surface area contributed by atoms with E-state index in [-0.39, 0.29) is 101 Å². The predicted molar refractivity (Wildman–Crippen MR) is 463 cm³/mol. The minimum absolute atomic E-state index is 0. The molecule has 0 bridgehead atoms. The molecule has 19 aromatic rings. The Bertz CT molecular complexity index is 6550. The van der Waals surface area contributed by atoms with Crippen molar-refractivity contribution in [3.05, 3.63) is 367 Å². The number of aryl methyl sites for hydroxylation is 10. The molecular formula is C96H79Ir5N24-5. The van der Waals surface area contributed by atoms with E-state index >= 15 is 0 Å². The zero-order valence-electron chi connectivity index (χ0n) is 69.5. The summed E-state index contributed by atoms with van der Waals surface area (Å²) in [6.07, 6.45) is 12.2. The number of aromatic nitrogens is 24. The maximum atomic E-state index is 4.58. The van der Waals surface area contributed by atoms with Crippen molar-refractivity contribution in [3.8, 4) is 137 Å². The Labute approximate surface area is 792 Å². The van der Waals surface area contributed by atoms with Crippen molar-refractivity contribution >= 4 is 0 Å². The molecule has 633 valence electrons. The summed E-state index contributed by atoms with van der Waals surface area (Å²) in [6, 6.07) is 93.2. The fourth-order valence-electron chi connectivity index (χ4n) is 13.7. The van der Waals surface area contributed by atoms with Crippen LogP contribution in [0.25, 0.3) is 137 Å². The van der Waals surface area contributed by atoms with Crippen LogP contribution in [0, 0.1) is 99.6 Å². The van der Waals surface area contributed by atoms with Crippen LogP contribution >= 0.6 is 0 Å². The molecule has 0 atom stereocenters. The second-order valence-corrected chi connectivity index (χ2v) is 27.7. The number of nitrogens with zero attached hydrogens (tertiary/aromatic N) is 24. The van der Waals surface area contributed by atoms with Crippen molar-refractivity contribution in [1.29, 1.82) is 0 Å². The van der Waals surface area contributed by atoms with Gasteiger partial charge in [-0.25, -0.2) is 39.9 Å². The predicted octanol–water partition coefficient (Wildman–Crippen LogP) is 18.2. The van der Waals surface area contributed by atoms with E-state index in [2.05, 4.69) is 169 Å². The number of hydrogen-bond acceptors (Lipinski definition) is 19. The van der Waals surface area contributed by atoms with Crippen molar-refractivity contribution in [1.82, 2.24) is 119 Å². The molecule has 19 rings (SSSR count). The molecule has 0 saturated carbocycles. The zero-order chi connectivity index (χ0) is 83.0. The van der Waals surface area contributed by atoms with Gasteiger partial charge in [-0.3, -0.25) is 4.98 Å². The fraction of sp³-hybridized carbons (Fsp3) is 0.115. The molecule has 0 aliphatic heterocycles. The molecule has 0 aliphatic rings. The standard InChI is InChI=1S/C22H20N5.C21H18N5.C20H16N5.C19H14N5.C14H11N4.5Ir/c1-14-10-8-9-13-19(14)22-26-25-21(18-11-6-5-7-12-18)27(22)20-15(2)23-17(4)24-16(20)3;1-14-9-7-8-12-18(14)21-25-24-20(17-10-5-4-6-11-17)26(21)19-13-22-16(3)23-15(19)2;1-14-18(13-21-15(2)22-14)25-19(16-9-5-3-6-10-16)23-24-20(25)17-11-7-4-8-12-17;1-14-7-5-6-10-17(14)19-23-22-18(15-8-3-2-4-9-15)24(19)16-11-20-13-21-12-16;1-18-13(11-6-3-2-4-7-11)16-17-14(18)12-8-5-9-15-10-12;;;;;/h5-11,13H,1-4H3;4-10,12-13H,1-3H3;3-11,13H,1-2H3;2-9,11-13H,1H3;2-6,8-10H,1H3;;;;;/q5*-1;;;;;. The van der Waals surface area contributed by atoms with Gasteiger partial charge in [0.05, 0.1) is 99.4 Å². The Morgan fingerprint density at radius 3 is 1.08 bits per heavy atom. The van der Waals surface area contributed by atoms with Crippen molar-refractivity contribution in [2.24, 2.45) is 7.05 Å². The van der Waals surface area contributed by atoms with E-state index in [0.717, 1.165) is 194 Å². The summed E-state index contributed by atoms with van der Waals surface area (Å²) in [5, 5.41) is 44.2. The average Bonchev–Trinajstić information content (AvgIpc) is 1.67. The van der Waals surface area contributed by atoms with E-state index in [1.807, 2.05) is 305 Å². The van der Waals surface area contributed by atoms with Crippen LogP contribution in [0.4, 0.5) is 0 Å². The van der Waals surface area contributed by atoms with Gasteiger partial charge in [0.15, 0.2) is 29.1 Å². The minimum atomic E-state index is 0. The van der Waals surface area contributed by atoms with E-state index in [9.17, 15) is 0 Å². The van der Waals surface area contributed by atoms with Gasteiger partial charge in [-0.2, -0.15) is 25.5 Å². The van der Waals surface area contributed by atoms with E-state index in [0.29, 0.717) is 0 Å². The smallest absolute Gasteiger partial charge is 0.159 e. The van der Waals surface area contributed by atoms with Crippen molar-refractivity contribution < 1.29 is 101 Å². The summed E-state index contributed by atoms with van der Waals surface area (Å²) < 4.78 is 9.98. The van der Waals surface area contributed by atoms with Crippen LogP contribution in [0.1, 0.15) is 56.9 Å². The number of pyridine rings is 1. The van der Waals surface area contributed by atoms with Crippen LogP contribution in [0.2, 0.25) is 0 Å². The molecule has 0 fully saturated rings. The molecule has 0 unspecified atom stereocenters. The zero-order valence-corrected chi connectivity index (χ0v) is 81.4. The van der Waals surface area contributed by atoms with Crippen LogP contribution in [0.3, 0.4) is 0 Å². The SMILES string of the molecule is Cc1ccc[c-]c1-c1nnc(-c2ccccc2)n1-c1cncnc1.Cc1nc(C)c(-n2c(-c3[c-]cccc3)nnc2-c2ccccc2C)c(C)n1.Cc1ncc(-n2c(-c3[c-]cccc3)nnc2-c2ccccc2)c(C)n1.Cc1ncc(-n2c(-c3[c-]cccc3)nnc2-c2ccccc2C)c(C)n1.Cn1c(-c2[c-]cccc2)nnc1-c1cccnc1.[Ir].[Ir].[Ir].[Ir].[Ir]. The molecule has 125 heavy (non-hydrogen) atoms. The molecule has 0 amide bonds. The monoisotopic (exact) mass is 2530 g/mol. The van der Waals surface area contributed by atoms with Crippen LogP contribution in [0.5, 0.6) is 0 Å². The second kappa shape index (κ2) is 44.6. The van der Waals surface area contributed by atoms with Gasteiger partial charge in [0.1, 0.15) is 23.8 Å². The molecule has 0 N–H and O–H groups in total. The first-order chi connectivity index (χ1) is 58.6. The molecular weight excluding hydrogens is 2450 g/mol. The largest absolute Gasteiger partial charge is 0.350 e. The summed E-state index contributed by atoms with van der Waals surface area (Å²) in [5.41, 5.74) is 19.8. The maximum Gasteiger partial charge on any atom is 0.159 e. The first kappa shape index (κ1) is 94.6. The van der Waals surface area contributed by atoms with Gasteiger partial charge in [-0.05, 0) is 85.6 Å². The Morgan fingerprint density at radius 2 is 0.632 bits per heavy atom. The van der Waals surface area contributed by atoms with Crippen molar-refractivity contribution in [2.45, 2.75) is 69.2 Å². The summed E-state index contributed by atoms with van der Waals surface area (Å²) in [5.74, 6) is 9.78. The molecule has 0 saturated heterocycles. The third kappa shape index (κ3) is 21.8. The van der Waals surface area contributed by atoms with Crippen LogP contribution in [0.15, 0.2) is 280 Å². The minimum Gasteiger partial charge on any atom is -0.350 e. The number of hydrogen-bond donors (Lipinski definition) is 0. The van der Waals surface area contributed by atoms with Crippen molar-refractivity contribution in [3.63, 3.8) is 0 Å².